The minimum Gasteiger partial charge on any atom is -0.410 e. The van der Waals surface area contributed by atoms with Crippen LogP contribution in [0.15, 0.2) is 48.5 Å². The lowest BCUT2D eigenvalue weighted by atomic mass is 10.1. The first-order valence-corrected chi connectivity index (χ1v) is 6.56. The monoisotopic (exact) mass is 296 g/mol. The summed E-state index contributed by atoms with van der Waals surface area (Å²) in [4.78, 5) is 36.5. The van der Waals surface area contributed by atoms with Gasteiger partial charge in [-0.15, -0.1) is 0 Å². The third-order valence-electron chi connectivity index (χ3n) is 3.29. The van der Waals surface area contributed by atoms with E-state index in [1.54, 1.807) is 30.3 Å². The molecule has 0 unspecified atom stereocenters. The zero-order chi connectivity index (χ0) is 15.7. The van der Waals surface area contributed by atoms with Gasteiger partial charge >= 0.3 is 6.09 Å². The summed E-state index contributed by atoms with van der Waals surface area (Å²) in [5.74, 6) is -0.328. The molecule has 3 amide bonds. The predicted molar refractivity (Wildman–Crippen MR) is 79.0 cm³/mol. The van der Waals surface area contributed by atoms with Crippen LogP contribution in [-0.4, -0.2) is 29.9 Å². The third-order valence-corrected chi connectivity index (χ3v) is 3.29. The maximum Gasteiger partial charge on any atom is 0.417 e. The highest BCUT2D eigenvalue weighted by molar-refractivity contribution is 6.21. The van der Waals surface area contributed by atoms with Crippen molar-refractivity contribution in [2.45, 2.75) is 0 Å². The van der Waals surface area contributed by atoms with Crippen molar-refractivity contribution in [3.05, 3.63) is 59.7 Å². The molecule has 0 spiro atoms. The average molecular weight is 296 g/mol. The fraction of sp³-hybridized carbons (Fsp3) is 0.0625. The molecule has 0 aromatic heterocycles. The zero-order valence-electron chi connectivity index (χ0n) is 11.7. The number of hydrogen-bond acceptors (Lipinski definition) is 4. The molecule has 0 radical (unpaired) electrons. The van der Waals surface area contributed by atoms with Gasteiger partial charge in [-0.1, -0.05) is 18.2 Å². The Hall–Kier alpha value is -3.15. The van der Waals surface area contributed by atoms with E-state index >= 15 is 0 Å². The van der Waals surface area contributed by atoms with Gasteiger partial charge in [-0.25, -0.2) is 4.79 Å². The van der Waals surface area contributed by atoms with Gasteiger partial charge in [0.15, 0.2) is 0 Å². The van der Waals surface area contributed by atoms with Crippen molar-refractivity contribution in [2.75, 3.05) is 12.4 Å². The van der Waals surface area contributed by atoms with E-state index in [2.05, 4.69) is 5.32 Å². The van der Waals surface area contributed by atoms with E-state index in [0.717, 1.165) is 4.90 Å². The molecular formula is C16H12N2O4. The first-order chi connectivity index (χ1) is 10.6. The van der Waals surface area contributed by atoms with E-state index in [-0.39, 0.29) is 17.4 Å². The van der Waals surface area contributed by atoms with Gasteiger partial charge in [-0.3, -0.25) is 19.8 Å². The first-order valence-electron chi connectivity index (χ1n) is 6.56. The number of nitrogens with zero attached hydrogens (tertiary/aromatic N) is 1. The van der Waals surface area contributed by atoms with Crippen LogP contribution in [0.2, 0.25) is 0 Å². The number of anilines is 1. The lowest BCUT2D eigenvalue weighted by Crippen LogP contribution is -2.24. The second-order valence-corrected chi connectivity index (χ2v) is 4.76. The molecule has 0 fully saturated rings. The Kier molecular flexibility index (Phi) is 3.34. The average Bonchev–Trinajstić information content (AvgIpc) is 2.73. The topological polar surface area (TPSA) is 75.7 Å². The van der Waals surface area contributed by atoms with E-state index in [9.17, 15) is 14.4 Å². The maximum absolute atomic E-state index is 11.9. The summed E-state index contributed by atoms with van der Waals surface area (Å²) in [6, 6.07) is 13.1. The minimum atomic E-state index is -0.670. The quantitative estimate of drug-likeness (QED) is 0.864. The van der Waals surface area contributed by atoms with Gasteiger partial charge in [-0.2, -0.15) is 0 Å². The Labute approximate surface area is 126 Å². The first kappa shape index (κ1) is 13.8. The molecule has 1 aliphatic rings. The number of rotatable bonds is 2. The third kappa shape index (κ3) is 2.42. The van der Waals surface area contributed by atoms with Crippen LogP contribution in [0.25, 0.3) is 0 Å². The molecule has 1 aliphatic heterocycles. The Bertz CT molecular complexity index is 771. The summed E-state index contributed by atoms with van der Waals surface area (Å²) in [6.07, 6.45) is -0.670. The van der Waals surface area contributed by atoms with Crippen molar-refractivity contribution in [3.8, 4) is 5.75 Å². The summed E-state index contributed by atoms with van der Waals surface area (Å²) in [6.45, 7) is 0. The smallest absolute Gasteiger partial charge is 0.410 e. The molecule has 6 nitrogen and oxygen atoms in total. The van der Waals surface area contributed by atoms with Crippen LogP contribution in [0.4, 0.5) is 10.5 Å². The molecule has 6 heteroatoms. The number of imide groups is 1. The summed E-state index contributed by atoms with van der Waals surface area (Å²) in [5, 5.41) is 2.53. The molecule has 2 aromatic carbocycles. The van der Waals surface area contributed by atoms with Crippen molar-refractivity contribution in [1.29, 1.82) is 0 Å². The number of fused-ring (bicyclic) bond motifs is 1. The zero-order valence-corrected chi connectivity index (χ0v) is 11.7. The minimum absolute atomic E-state index is 0.269. The molecule has 1 heterocycles. The van der Waals surface area contributed by atoms with E-state index < -0.39 is 6.09 Å². The van der Waals surface area contributed by atoms with Crippen LogP contribution in [0.5, 0.6) is 5.75 Å². The number of benzene rings is 2. The van der Waals surface area contributed by atoms with Crippen molar-refractivity contribution >= 4 is 23.6 Å². The van der Waals surface area contributed by atoms with Crippen LogP contribution in [0.3, 0.4) is 0 Å². The predicted octanol–water partition coefficient (Wildman–Crippen LogP) is 2.52. The van der Waals surface area contributed by atoms with Gasteiger partial charge in [0.25, 0.3) is 11.8 Å². The van der Waals surface area contributed by atoms with Crippen molar-refractivity contribution in [2.24, 2.45) is 0 Å². The van der Waals surface area contributed by atoms with Gasteiger partial charge in [0.05, 0.1) is 11.1 Å². The highest BCUT2D eigenvalue weighted by Crippen LogP contribution is 2.24. The number of hydrogen-bond donors (Lipinski definition) is 1. The lowest BCUT2D eigenvalue weighted by Gasteiger charge is -2.07. The van der Waals surface area contributed by atoms with Crippen molar-refractivity contribution in [1.82, 2.24) is 4.90 Å². The molecule has 0 saturated carbocycles. The Balaban J connectivity index is 1.76. The lowest BCUT2D eigenvalue weighted by molar-refractivity contribution is 0.0693. The summed E-state index contributed by atoms with van der Waals surface area (Å²) >= 11 is 0. The van der Waals surface area contributed by atoms with E-state index in [0.29, 0.717) is 17.0 Å². The molecule has 3 rings (SSSR count). The molecule has 0 saturated heterocycles. The number of carbonyl (C=O) groups is 3. The SMILES string of the molecule is CN1C(=O)c2ccc(NC(=O)Oc3ccccc3)cc2C1=O. The Morgan fingerprint density at radius 3 is 2.41 bits per heavy atom. The standard InChI is InChI=1S/C16H12N2O4/c1-18-14(19)12-8-7-10(9-13(12)15(18)20)17-16(21)22-11-5-3-2-4-6-11/h2-9H,1H3,(H,17,21). The summed E-state index contributed by atoms with van der Waals surface area (Å²) < 4.78 is 5.09. The molecule has 0 atom stereocenters. The number of nitrogens with one attached hydrogen (secondary N) is 1. The van der Waals surface area contributed by atoms with Gasteiger partial charge < -0.3 is 4.74 Å². The summed E-state index contributed by atoms with van der Waals surface area (Å²) in [7, 11) is 1.42. The molecule has 2 aromatic rings. The molecular weight excluding hydrogens is 284 g/mol. The number of amides is 3. The maximum atomic E-state index is 11.9. The van der Waals surface area contributed by atoms with Crippen molar-refractivity contribution < 1.29 is 19.1 Å². The fourth-order valence-electron chi connectivity index (χ4n) is 2.18. The number of carbonyl (C=O) groups excluding carboxylic acids is 3. The normalized spacial score (nSPS) is 13.0. The Morgan fingerprint density at radius 1 is 1.00 bits per heavy atom. The van der Waals surface area contributed by atoms with E-state index in [1.165, 1.54) is 19.2 Å². The number of ether oxygens (including phenoxy) is 1. The molecule has 110 valence electrons. The second kappa shape index (κ2) is 5.33. The largest absolute Gasteiger partial charge is 0.417 e. The molecule has 22 heavy (non-hydrogen) atoms. The second-order valence-electron chi connectivity index (χ2n) is 4.76. The van der Waals surface area contributed by atoms with E-state index in [1.807, 2.05) is 6.07 Å². The van der Waals surface area contributed by atoms with Crippen LogP contribution in [0.1, 0.15) is 20.7 Å². The number of para-hydroxylation sites is 1. The fourth-order valence-corrected chi connectivity index (χ4v) is 2.18. The van der Waals surface area contributed by atoms with E-state index in [4.69, 9.17) is 4.74 Å². The van der Waals surface area contributed by atoms with Crippen LogP contribution in [0, 0.1) is 0 Å². The van der Waals surface area contributed by atoms with Crippen LogP contribution in [-0.2, 0) is 0 Å². The molecule has 0 aliphatic carbocycles. The highest BCUT2D eigenvalue weighted by atomic mass is 16.6. The molecule has 0 bridgehead atoms. The Morgan fingerprint density at radius 2 is 1.68 bits per heavy atom. The highest BCUT2D eigenvalue weighted by Gasteiger charge is 2.32. The van der Waals surface area contributed by atoms with Crippen LogP contribution >= 0.6 is 0 Å². The van der Waals surface area contributed by atoms with Crippen molar-refractivity contribution in [3.63, 3.8) is 0 Å². The van der Waals surface area contributed by atoms with Gasteiger partial charge in [0.1, 0.15) is 5.75 Å². The van der Waals surface area contributed by atoms with Crippen LogP contribution < -0.4 is 10.1 Å². The summed E-state index contributed by atoms with van der Waals surface area (Å²) in [5.41, 5.74) is 0.982. The van der Waals surface area contributed by atoms with Gasteiger partial charge in [-0.05, 0) is 30.3 Å². The van der Waals surface area contributed by atoms with Gasteiger partial charge in [0.2, 0.25) is 0 Å². The molecule has 1 N–H and O–H groups in total. The van der Waals surface area contributed by atoms with Gasteiger partial charge in [0, 0.05) is 12.7 Å².